The zero-order valence-electron chi connectivity index (χ0n) is 15.9. The molecular formula is C22H26O4. The van der Waals surface area contributed by atoms with Crippen LogP contribution < -0.4 is 9.47 Å². The fraction of sp³-hybridized carbons (Fsp3) is 0.500. The molecule has 0 N–H and O–H groups in total. The maximum atomic E-state index is 12.3. The summed E-state index contributed by atoms with van der Waals surface area (Å²) in [5.74, 6) is 2.02. The lowest BCUT2D eigenvalue weighted by Crippen LogP contribution is -2.36. The van der Waals surface area contributed by atoms with E-state index in [2.05, 4.69) is 19.1 Å². The van der Waals surface area contributed by atoms with E-state index >= 15 is 0 Å². The number of hydrogen-bond acceptors (Lipinski definition) is 4. The predicted octanol–water partition coefficient (Wildman–Crippen LogP) is 4.48. The van der Waals surface area contributed by atoms with E-state index in [1.165, 1.54) is 23.6 Å². The first-order valence-electron chi connectivity index (χ1n) is 9.28. The smallest absolute Gasteiger partial charge is 0.309 e. The predicted molar refractivity (Wildman–Crippen MR) is 101 cm³/mol. The maximum Gasteiger partial charge on any atom is 0.309 e. The molecule has 4 heteroatoms. The van der Waals surface area contributed by atoms with Gasteiger partial charge >= 0.3 is 5.97 Å². The third kappa shape index (κ3) is 2.31. The van der Waals surface area contributed by atoms with Crippen molar-refractivity contribution in [2.45, 2.75) is 38.5 Å². The molecule has 26 heavy (non-hydrogen) atoms. The van der Waals surface area contributed by atoms with Crippen molar-refractivity contribution in [3.63, 3.8) is 0 Å². The second kappa shape index (κ2) is 6.19. The summed E-state index contributed by atoms with van der Waals surface area (Å²) in [6, 6.07) is 8.40. The Kier molecular flexibility index (Phi) is 4.09. The van der Waals surface area contributed by atoms with Gasteiger partial charge in [0, 0.05) is 5.39 Å². The first kappa shape index (κ1) is 17.2. The molecular weight excluding hydrogens is 328 g/mol. The van der Waals surface area contributed by atoms with Crippen molar-refractivity contribution < 1.29 is 19.0 Å². The average molecular weight is 354 g/mol. The summed E-state index contributed by atoms with van der Waals surface area (Å²) < 4.78 is 16.2. The Morgan fingerprint density at radius 1 is 1.08 bits per heavy atom. The minimum atomic E-state index is -0.0593. The molecule has 0 spiro atoms. The van der Waals surface area contributed by atoms with Crippen molar-refractivity contribution >= 4 is 16.7 Å². The Labute approximate surface area is 154 Å². The largest absolute Gasteiger partial charge is 0.497 e. The van der Waals surface area contributed by atoms with Crippen molar-refractivity contribution in [3.8, 4) is 11.5 Å². The zero-order chi connectivity index (χ0) is 18.5. The van der Waals surface area contributed by atoms with Gasteiger partial charge in [0.25, 0.3) is 0 Å². The quantitative estimate of drug-likeness (QED) is 0.763. The Morgan fingerprint density at radius 2 is 1.88 bits per heavy atom. The van der Waals surface area contributed by atoms with Crippen LogP contribution in [0.25, 0.3) is 10.8 Å². The summed E-state index contributed by atoms with van der Waals surface area (Å²) in [6.07, 6.45) is 3.91. The maximum absolute atomic E-state index is 12.3. The summed E-state index contributed by atoms with van der Waals surface area (Å²) >= 11 is 0. The van der Waals surface area contributed by atoms with E-state index in [1.54, 1.807) is 14.2 Å². The lowest BCUT2D eigenvalue weighted by molar-refractivity contribution is -0.149. The SMILES string of the molecule is COC(=O)[C@@H]1CC[C@@H]2c3cc(OC)c4cc(OC)ccc4c3CC[C@@]21C. The molecule has 0 unspecified atom stereocenters. The second-order valence-corrected chi connectivity index (χ2v) is 7.77. The van der Waals surface area contributed by atoms with E-state index in [4.69, 9.17) is 14.2 Å². The molecule has 2 aromatic rings. The van der Waals surface area contributed by atoms with Gasteiger partial charge in [-0.3, -0.25) is 4.79 Å². The van der Waals surface area contributed by atoms with Crippen molar-refractivity contribution in [1.82, 2.24) is 0 Å². The first-order valence-corrected chi connectivity index (χ1v) is 9.28. The number of rotatable bonds is 3. The first-order chi connectivity index (χ1) is 12.5. The molecule has 1 saturated carbocycles. The molecule has 4 rings (SSSR count). The van der Waals surface area contributed by atoms with Crippen molar-refractivity contribution in [2.24, 2.45) is 11.3 Å². The molecule has 3 atom stereocenters. The van der Waals surface area contributed by atoms with E-state index in [0.717, 1.165) is 42.6 Å². The highest BCUT2D eigenvalue weighted by molar-refractivity contribution is 5.94. The monoisotopic (exact) mass is 354 g/mol. The number of aryl methyl sites for hydroxylation is 1. The van der Waals surface area contributed by atoms with Crippen LogP contribution in [0.4, 0.5) is 0 Å². The Balaban J connectivity index is 1.88. The number of benzene rings is 2. The van der Waals surface area contributed by atoms with Crippen LogP contribution in [0.2, 0.25) is 0 Å². The van der Waals surface area contributed by atoms with E-state index in [1.807, 2.05) is 12.1 Å². The summed E-state index contributed by atoms with van der Waals surface area (Å²) in [4.78, 5) is 12.3. The van der Waals surface area contributed by atoms with E-state index in [0.29, 0.717) is 5.92 Å². The van der Waals surface area contributed by atoms with Gasteiger partial charge in [-0.25, -0.2) is 0 Å². The normalized spacial score (nSPS) is 26.9. The number of carbonyl (C=O) groups is 1. The van der Waals surface area contributed by atoms with Gasteiger partial charge in [-0.05, 0) is 71.7 Å². The molecule has 0 aliphatic heterocycles. The van der Waals surface area contributed by atoms with Crippen LogP contribution in [0, 0.1) is 11.3 Å². The van der Waals surface area contributed by atoms with Crippen LogP contribution in [0.3, 0.4) is 0 Å². The molecule has 2 aliphatic carbocycles. The van der Waals surface area contributed by atoms with Gasteiger partial charge in [0.1, 0.15) is 11.5 Å². The zero-order valence-corrected chi connectivity index (χ0v) is 15.9. The number of hydrogen-bond donors (Lipinski definition) is 0. The van der Waals surface area contributed by atoms with E-state index < -0.39 is 0 Å². The van der Waals surface area contributed by atoms with Crippen molar-refractivity contribution in [2.75, 3.05) is 21.3 Å². The third-order valence-corrected chi connectivity index (χ3v) is 6.78. The lowest BCUT2D eigenvalue weighted by atomic mass is 9.63. The Hall–Kier alpha value is -2.23. The Morgan fingerprint density at radius 3 is 2.58 bits per heavy atom. The third-order valence-electron chi connectivity index (χ3n) is 6.78. The topological polar surface area (TPSA) is 44.8 Å². The molecule has 138 valence electrons. The standard InChI is InChI=1S/C22H26O4/c1-22-10-9-15-14-6-5-13(24-2)11-17(14)20(25-3)12-16(15)18(22)7-8-19(22)21(23)26-4/h5-6,11-12,18-19H,7-10H2,1-4H3/t18-,19+,22+/m1/s1. The fourth-order valence-electron chi connectivity index (χ4n) is 5.36. The van der Waals surface area contributed by atoms with Gasteiger partial charge in [-0.15, -0.1) is 0 Å². The average Bonchev–Trinajstić information content (AvgIpc) is 3.03. The summed E-state index contributed by atoms with van der Waals surface area (Å²) in [5, 5.41) is 2.33. The van der Waals surface area contributed by atoms with Crippen LogP contribution in [0.15, 0.2) is 24.3 Å². The molecule has 0 amide bonds. The van der Waals surface area contributed by atoms with Crippen LogP contribution in [0.5, 0.6) is 11.5 Å². The lowest BCUT2D eigenvalue weighted by Gasteiger charge is -2.41. The fourth-order valence-corrected chi connectivity index (χ4v) is 5.36. The highest BCUT2D eigenvalue weighted by Crippen LogP contribution is 2.60. The van der Waals surface area contributed by atoms with Crippen LogP contribution in [-0.4, -0.2) is 27.3 Å². The second-order valence-electron chi connectivity index (χ2n) is 7.77. The minimum Gasteiger partial charge on any atom is -0.497 e. The molecule has 2 aromatic carbocycles. The number of carbonyl (C=O) groups excluding carboxylic acids is 1. The van der Waals surface area contributed by atoms with Crippen LogP contribution in [-0.2, 0) is 16.0 Å². The molecule has 0 bridgehead atoms. The van der Waals surface area contributed by atoms with Crippen molar-refractivity contribution in [1.29, 1.82) is 0 Å². The minimum absolute atomic E-state index is 0.0109. The molecule has 2 aliphatic rings. The summed E-state index contributed by atoms with van der Waals surface area (Å²) in [5.41, 5.74) is 2.71. The van der Waals surface area contributed by atoms with Gasteiger partial charge in [0.2, 0.25) is 0 Å². The van der Waals surface area contributed by atoms with Gasteiger partial charge < -0.3 is 14.2 Å². The van der Waals surface area contributed by atoms with Crippen LogP contribution >= 0.6 is 0 Å². The van der Waals surface area contributed by atoms with Gasteiger partial charge in [-0.2, -0.15) is 0 Å². The molecule has 0 aromatic heterocycles. The molecule has 0 radical (unpaired) electrons. The molecule has 0 saturated heterocycles. The van der Waals surface area contributed by atoms with Gasteiger partial charge in [0.05, 0.1) is 27.2 Å². The van der Waals surface area contributed by atoms with E-state index in [9.17, 15) is 4.79 Å². The number of esters is 1. The number of methoxy groups -OCH3 is 3. The van der Waals surface area contributed by atoms with Crippen LogP contribution in [0.1, 0.15) is 43.2 Å². The van der Waals surface area contributed by atoms with Gasteiger partial charge in [0.15, 0.2) is 0 Å². The highest BCUT2D eigenvalue weighted by Gasteiger charge is 2.53. The molecule has 0 heterocycles. The number of ether oxygens (including phenoxy) is 3. The summed E-state index contributed by atoms with van der Waals surface area (Å²) in [6.45, 7) is 2.26. The van der Waals surface area contributed by atoms with Crippen molar-refractivity contribution in [3.05, 3.63) is 35.4 Å². The highest BCUT2D eigenvalue weighted by atomic mass is 16.5. The summed E-state index contributed by atoms with van der Waals surface area (Å²) in [7, 11) is 4.90. The molecule has 4 nitrogen and oxygen atoms in total. The number of fused-ring (bicyclic) bond motifs is 5. The van der Waals surface area contributed by atoms with Gasteiger partial charge in [-0.1, -0.05) is 13.0 Å². The van der Waals surface area contributed by atoms with E-state index in [-0.39, 0.29) is 17.3 Å². The Bertz CT molecular complexity index is 872. The molecule has 1 fully saturated rings.